The Balaban J connectivity index is 1.49. The van der Waals surface area contributed by atoms with Crippen molar-refractivity contribution in [3.05, 3.63) is 36.8 Å². The standard InChI is InChI=1S/C25H36N6O3S/c1-33-25(32)30-12-6-5-8-19(17-30)28-23-20(9-7-11-26-23)22-16-27-24-21(29-22)10-13-31(24)18-34-14-15-35(2,3)4/h7,9-11,13,16,19H,5-6,8,12,14-15,17-18H2,1-4H3,(H,26,28). The highest BCUT2D eigenvalue weighted by Gasteiger charge is 2.23. The summed E-state index contributed by atoms with van der Waals surface area (Å²) in [5.74, 6) is 1.82. The van der Waals surface area contributed by atoms with Gasteiger partial charge in [0.25, 0.3) is 0 Å². The van der Waals surface area contributed by atoms with Crippen LogP contribution in [0.5, 0.6) is 0 Å². The summed E-state index contributed by atoms with van der Waals surface area (Å²) in [7, 11) is 0.855. The predicted octanol–water partition coefficient (Wildman–Crippen LogP) is 4.19. The molecule has 0 bridgehead atoms. The number of carbonyl (C=O) groups excluding carboxylic acids is 1. The summed E-state index contributed by atoms with van der Waals surface area (Å²) in [4.78, 5) is 28.0. The molecule has 0 aliphatic carbocycles. The van der Waals surface area contributed by atoms with E-state index in [9.17, 15) is 4.79 Å². The Labute approximate surface area is 208 Å². The summed E-state index contributed by atoms with van der Waals surface area (Å²) in [6, 6.07) is 5.94. The number of hydrogen-bond acceptors (Lipinski definition) is 7. The van der Waals surface area contributed by atoms with E-state index in [4.69, 9.17) is 19.4 Å². The number of pyridine rings is 1. The first-order valence-electron chi connectivity index (χ1n) is 11.9. The van der Waals surface area contributed by atoms with Crippen molar-refractivity contribution in [2.45, 2.75) is 32.0 Å². The Morgan fingerprint density at radius 2 is 2.09 bits per heavy atom. The highest BCUT2D eigenvalue weighted by molar-refractivity contribution is 8.32. The highest BCUT2D eigenvalue weighted by atomic mass is 32.3. The molecule has 1 fully saturated rings. The van der Waals surface area contributed by atoms with Gasteiger partial charge in [-0.3, -0.25) is 0 Å². The quantitative estimate of drug-likeness (QED) is 0.463. The van der Waals surface area contributed by atoms with Crippen LogP contribution >= 0.6 is 10.0 Å². The fraction of sp³-hybridized carbons (Fsp3) is 0.520. The summed E-state index contributed by atoms with van der Waals surface area (Å²) in [6.45, 7) is 2.49. The number of rotatable bonds is 8. The minimum atomic E-state index is -0.569. The van der Waals surface area contributed by atoms with Crippen LogP contribution in [0.1, 0.15) is 19.3 Å². The average molecular weight is 501 g/mol. The molecule has 1 unspecified atom stereocenters. The Morgan fingerprint density at radius 3 is 2.89 bits per heavy atom. The number of aromatic nitrogens is 4. The van der Waals surface area contributed by atoms with Crippen LogP contribution in [0.25, 0.3) is 22.4 Å². The van der Waals surface area contributed by atoms with E-state index < -0.39 is 10.0 Å². The van der Waals surface area contributed by atoms with E-state index in [1.807, 2.05) is 29.0 Å². The topological polar surface area (TPSA) is 94.4 Å². The molecule has 4 rings (SSSR count). The lowest BCUT2D eigenvalue weighted by atomic mass is 10.1. The third-order valence-corrected chi connectivity index (χ3v) is 7.45. The molecular weight excluding hydrogens is 464 g/mol. The van der Waals surface area contributed by atoms with Crippen LogP contribution in [0.4, 0.5) is 10.6 Å². The van der Waals surface area contributed by atoms with Gasteiger partial charge in [-0.25, -0.2) is 29.8 Å². The van der Waals surface area contributed by atoms with Crippen molar-refractivity contribution in [1.82, 2.24) is 24.4 Å². The van der Waals surface area contributed by atoms with Crippen LogP contribution in [-0.4, -0.2) is 87.9 Å². The van der Waals surface area contributed by atoms with Crippen LogP contribution in [0.3, 0.4) is 0 Å². The van der Waals surface area contributed by atoms with E-state index in [1.54, 1.807) is 17.3 Å². The fourth-order valence-corrected chi connectivity index (χ4v) is 4.76. The molecular formula is C25H36N6O3S. The third kappa shape index (κ3) is 6.64. The number of carbonyl (C=O) groups is 1. The molecule has 190 valence electrons. The second-order valence-corrected chi connectivity index (χ2v) is 14.3. The molecule has 1 N–H and O–H groups in total. The summed E-state index contributed by atoms with van der Waals surface area (Å²) in [6.07, 6.45) is 15.1. The van der Waals surface area contributed by atoms with E-state index in [0.717, 1.165) is 59.9 Å². The zero-order valence-electron chi connectivity index (χ0n) is 21.1. The lowest BCUT2D eigenvalue weighted by Gasteiger charge is -2.25. The molecule has 3 aromatic rings. The van der Waals surface area contributed by atoms with Gasteiger partial charge in [0, 0.05) is 42.8 Å². The smallest absolute Gasteiger partial charge is 0.409 e. The molecule has 1 aliphatic rings. The monoisotopic (exact) mass is 500 g/mol. The van der Waals surface area contributed by atoms with Crippen molar-refractivity contribution in [3.63, 3.8) is 0 Å². The Morgan fingerprint density at radius 1 is 1.23 bits per heavy atom. The normalized spacial score (nSPS) is 17.3. The maximum absolute atomic E-state index is 12.1. The molecule has 0 aromatic carbocycles. The number of likely N-dealkylation sites (tertiary alicyclic amines) is 1. The van der Waals surface area contributed by atoms with Crippen LogP contribution in [-0.2, 0) is 16.2 Å². The van der Waals surface area contributed by atoms with Gasteiger partial charge in [-0.1, -0.05) is 0 Å². The first kappa shape index (κ1) is 25.2. The van der Waals surface area contributed by atoms with Crippen molar-refractivity contribution >= 4 is 33.1 Å². The molecule has 1 saturated heterocycles. The zero-order valence-corrected chi connectivity index (χ0v) is 21.9. The molecule has 0 radical (unpaired) electrons. The lowest BCUT2D eigenvalue weighted by molar-refractivity contribution is 0.0923. The van der Waals surface area contributed by atoms with Crippen molar-refractivity contribution in [1.29, 1.82) is 0 Å². The summed E-state index contributed by atoms with van der Waals surface area (Å²) in [5.41, 5.74) is 3.25. The van der Waals surface area contributed by atoms with Gasteiger partial charge in [0.15, 0.2) is 5.65 Å². The largest absolute Gasteiger partial charge is 0.453 e. The molecule has 9 nitrogen and oxygen atoms in total. The number of nitrogens with zero attached hydrogens (tertiary/aromatic N) is 5. The number of amides is 1. The Bertz CT molecular complexity index is 1150. The van der Waals surface area contributed by atoms with Gasteiger partial charge in [-0.2, -0.15) is 0 Å². The second-order valence-electron chi connectivity index (χ2n) is 9.73. The molecule has 3 aromatic heterocycles. The number of anilines is 1. The van der Waals surface area contributed by atoms with Crippen molar-refractivity contribution in [2.75, 3.05) is 56.6 Å². The fourth-order valence-electron chi connectivity index (χ4n) is 4.14. The zero-order chi connectivity index (χ0) is 24.8. The maximum Gasteiger partial charge on any atom is 0.409 e. The van der Waals surface area contributed by atoms with Crippen molar-refractivity contribution in [3.8, 4) is 11.3 Å². The summed E-state index contributed by atoms with van der Waals surface area (Å²) < 4.78 is 12.8. The van der Waals surface area contributed by atoms with Crippen LogP contribution in [0.15, 0.2) is 36.8 Å². The molecule has 1 aliphatic heterocycles. The molecule has 0 spiro atoms. The lowest BCUT2D eigenvalue weighted by Crippen LogP contribution is -2.39. The van der Waals surface area contributed by atoms with Gasteiger partial charge in [0.1, 0.15) is 18.1 Å². The van der Waals surface area contributed by atoms with E-state index in [-0.39, 0.29) is 12.1 Å². The number of methoxy groups -OCH3 is 1. The number of hydrogen-bond donors (Lipinski definition) is 1. The third-order valence-electron chi connectivity index (χ3n) is 6.06. The molecule has 35 heavy (non-hydrogen) atoms. The first-order chi connectivity index (χ1) is 16.8. The van der Waals surface area contributed by atoms with Gasteiger partial charge < -0.3 is 24.3 Å². The number of nitrogens with one attached hydrogen (secondary N) is 1. The first-order valence-corrected chi connectivity index (χ1v) is 15.0. The maximum atomic E-state index is 12.1. The molecule has 0 saturated carbocycles. The van der Waals surface area contributed by atoms with Crippen molar-refractivity contribution in [2.24, 2.45) is 0 Å². The summed E-state index contributed by atoms with van der Waals surface area (Å²) >= 11 is 0. The van der Waals surface area contributed by atoms with Crippen LogP contribution in [0.2, 0.25) is 0 Å². The molecule has 4 heterocycles. The molecule has 1 atom stereocenters. The van der Waals surface area contributed by atoms with Gasteiger partial charge in [-0.05, 0) is 56.2 Å². The van der Waals surface area contributed by atoms with E-state index in [0.29, 0.717) is 19.8 Å². The van der Waals surface area contributed by atoms with Gasteiger partial charge in [-0.15, -0.1) is 0 Å². The second kappa shape index (κ2) is 11.3. The Hall–Kier alpha value is -2.85. The van der Waals surface area contributed by atoms with Crippen molar-refractivity contribution < 1.29 is 14.3 Å². The average Bonchev–Trinajstić information content (AvgIpc) is 3.09. The van der Waals surface area contributed by atoms with Gasteiger partial charge >= 0.3 is 6.09 Å². The molecule has 1 amide bonds. The summed E-state index contributed by atoms with van der Waals surface area (Å²) in [5, 5.41) is 3.55. The van der Waals surface area contributed by atoms with Gasteiger partial charge in [0.2, 0.25) is 0 Å². The Kier molecular flexibility index (Phi) is 8.12. The number of ether oxygens (including phenoxy) is 2. The minimum absolute atomic E-state index is 0.0788. The minimum Gasteiger partial charge on any atom is -0.453 e. The highest BCUT2D eigenvalue weighted by Crippen LogP contribution is 2.33. The predicted molar refractivity (Wildman–Crippen MR) is 142 cm³/mol. The van der Waals surface area contributed by atoms with Crippen LogP contribution in [0, 0.1) is 0 Å². The van der Waals surface area contributed by atoms with Gasteiger partial charge in [0.05, 0.1) is 25.6 Å². The van der Waals surface area contributed by atoms with E-state index in [1.165, 1.54) is 7.11 Å². The number of fused-ring (bicyclic) bond motifs is 1. The SMILES string of the molecule is COC(=O)N1CCCCC(Nc2ncccc2-c2cnc3c(ccn3COCCS(C)(C)C)n2)C1. The van der Waals surface area contributed by atoms with Crippen LogP contribution < -0.4 is 5.32 Å². The molecule has 10 heteroatoms. The van der Waals surface area contributed by atoms with E-state index in [2.05, 4.69) is 29.1 Å². The van der Waals surface area contributed by atoms with E-state index >= 15 is 0 Å².